The summed E-state index contributed by atoms with van der Waals surface area (Å²) in [6.45, 7) is 4.42. The molecule has 3 rings (SSSR count). The van der Waals surface area contributed by atoms with Crippen LogP contribution in [0.3, 0.4) is 0 Å². The van der Waals surface area contributed by atoms with Crippen LogP contribution in [0.1, 0.15) is 35.6 Å². The summed E-state index contributed by atoms with van der Waals surface area (Å²) in [7, 11) is 7.19. The normalized spacial score (nSPS) is 19.1. The molecule has 2 aromatic rings. The van der Waals surface area contributed by atoms with E-state index in [1.807, 2.05) is 32.3 Å². The van der Waals surface area contributed by atoms with Crippen LogP contribution in [0.15, 0.2) is 47.5 Å². The number of benzene rings is 2. The van der Waals surface area contributed by atoms with E-state index < -0.39 is 0 Å². The van der Waals surface area contributed by atoms with Gasteiger partial charge in [0.2, 0.25) is 0 Å². The second kappa shape index (κ2) is 11.0. The van der Waals surface area contributed by atoms with Crippen molar-refractivity contribution in [2.75, 3.05) is 41.5 Å². The fourth-order valence-corrected chi connectivity index (χ4v) is 4.10. The fourth-order valence-electron chi connectivity index (χ4n) is 4.10. The quantitative estimate of drug-likeness (QED) is 0.533. The van der Waals surface area contributed by atoms with Crippen LogP contribution in [0.25, 0.3) is 0 Å². The Balaban J connectivity index is 1.64. The second-order valence-corrected chi connectivity index (χ2v) is 8.07. The van der Waals surface area contributed by atoms with E-state index in [0.717, 1.165) is 49.0 Å². The maximum atomic E-state index is 6.17. The van der Waals surface area contributed by atoms with Gasteiger partial charge in [0.25, 0.3) is 0 Å². The van der Waals surface area contributed by atoms with E-state index >= 15 is 0 Å². The first-order valence-electron chi connectivity index (χ1n) is 10.9. The highest BCUT2D eigenvalue weighted by Crippen LogP contribution is 2.33. The van der Waals surface area contributed by atoms with Crippen molar-refractivity contribution in [1.29, 1.82) is 0 Å². The molecule has 1 fully saturated rings. The Kier molecular flexibility index (Phi) is 8.18. The molecule has 0 aliphatic carbocycles. The zero-order valence-corrected chi connectivity index (χ0v) is 19.4. The monoisotopic (exact) mass is 425 g/mol. The molecule has 6 nitrogen and oxygen atoms in total. The summed E-state index contributed by atoms with van der Waals surface area (Å²) in [5.74, 6) is 2.84. The van der Waals surface area contributed by atoms with Crippen molar-refractivity contribution < 1.29 is 14.2 Å². The molecule has 0 radical (unpaired) electrons. The zero-order valence-electron chi connectivity index (χ0n) is 19.4. The summed E-state index contributed by atoms with van der Waals surface area (Å²) in [4.78, 5) is 6.60. The third kappa shape index (κ3) is 5.91. The summed E-state index contributed by atoms with van der Waals surface area (Å²) in [5.41, 5.74) is 3.60. The van der Waals surface area contributed by atoms with Gasteiger partial charge in [0.15, 0.2) is 5.96 Å². The van der Waals surface area contributed by atoms with E-state index in [1.165, 1.54) is 11.1 Å². The molecule has 2 aromatic carbocycles. The second-order valence-electron chi connectivity index (χ2n) is 8.07. The van der Waals surface area contributed by atoms with Crippen molar-refractivity contribution in [1.82, 2.24) is 10.2 Å². The van der Waals surface area contributed by atoms with Crippen molar-refractivity contribution in [2.45, 2.75) is 32.4 Å². The van der Waals surface area contributed by atoms with Gasteiger partial charge in [0.1, 0.15) is 11.5 Å². The number of hydrogen-bond donors (Lipinski definition) is 1. The van der Waals surface area contributed by atoms with Crippen LogP contribution in [-0.2, 0) is 11.3 Å². The average molecular weight is 426 g/mol. The van der Waals surface area contributed by atoms with Crippen LogP contribution in [0, 0.1) is 12.8 Å². The fraction of sp³-hybridized carbons (Fsp3) is 0.480. The number of rotatable bonds is 7. The predicted octanol–water partition coefficient (Wildman–Crippen LogP) is 4.19. The van der Waals surface area contributed by atoms with Crippen LogP contribution in [-0.4, -0.2) is 52.3 Å². The molecule has 6 heteroatoms. The molecule has 1 aliphatic heterocycles. The molecule has 168 valence electrons. The number of methoxy groups -OCH3 is 2. The van der Waals surface area contributed by atoms with Gasteiger partial charge < -0.3 is 24.4 Å². The molecular weight excluding hydrogens is 390 g/mol. The lowest BCUT2D eigenvalue weighted by Gasteiger charge is -2.33. The minimum Gasteiger partial charge on any atom is -0.497 e. The minimum absolute atomic E-state index is 0.118. The van der Waals surface area contributed by atoms with Gasteiger partial charge in [-0.05, 0) is 37.5 Å². The lowest BCUT2D eigenvalue weighted by atomic mass is 9.89. The maximum Gasteiger partial charge on any atom is 0.193 e. The lowest BCUT2D eigenvalue weighted by molar-refractivity contribution is -0.0266. The average Bonchev–Trinajstić information content (AvgIpc) is 2.80. The van der Waals surface area contributed by atoms with Crippen molar-refractivity contribution in [2.24, 2.45) is 10.9 Å². The van der Waals surface area contributed by atoms with Crippen molar-refractivity contribution in [3.8, 4) is 11.5 Å². The molecule has 2 atom stereocenters. The van der Waals surface area contributed by atoms with Gasteiger partial charge in [-0.3, -0.25) is 4.99 Å². The van der Waals surface area contributed by atoms with E-state index in [2.05, 4.69) is 46.4 Å². The first kappa shape index (κ1) is 22.9. The number of ether oxygens (including phenoxy) is 3. The summed E-state index contributed by atoms with van der Waals surface area (Å²) >= 11 is 0. The van der Waals surface area contributed by atoms with Crippen molar-refractivity contribution in [3.05, 3.63) is 59.2 Å². The Labute approximate surface area is 186 Å². The number of aryl methyl sites for hydroxylation is 1. The van der Waals surface area contributed by atoms with Gasteiger partial charge in [-0.1, -0.05) is 29.8 Å². The number of hydrogen-bond acceptors (Lipinski definition) is 4. The molecule has 1 aliphatic rings. The van der Waals surface area contributed by atoms with E-state index in [-0.39, 0.29) is 6.10 Å². The molecule has 2 unspecified atom stereocenters. The standard InChI is InChI=1S/C25H35N3O3/c1-18-8-10-19(11-9-18)24-20(7-6-14-31-24)16-27-25(26-2)28(3)17-21-12-13-22(29-4)15-23(21)30-5/h8-13,15,20,24H,6-7,14,16-17H2,1-5H3,(H,26,27). The molecule has 1 N–H and O–H groups in total. The van der Waals surface area contributed by atoms with Gasteiger partial charge in [-0.2, -0.15) is 0 Å². The van der Waals surface area contributed by atoms with Crippen LogP contribution in [0.5, 0.6) is 11.5 Å². The Hall–Kier alpha value is -2.73. The Morgan fingerprint density at radius 3 is 2.61 bits per heavy atom. The Morgan fingerprint density at radius 1 is 1.16 bits per heavy atom. The van der Waals surface area contributed by atoms with Crippen molar-refractivity contribution in [3.63, 3.8) is 0 Å². The molecule has 0 amide bonds. The lowest BCUT2D eigenvalue weighted by Crippen LogP contribution is -2.42. The van der Waals surface area contributed by atoms with Gasteiger partial charge in [-0.15, -0.1) is 0 Å². The van der Waals surface area contributed by atoms with Gasteiger partial charge in [-0.25, -0.2) is 0 Å². The number of nitrogens with zero attached hydrogens (tertiary/aromatic N) is 2. The number of nitrogens with one attached hydrogen (secondary N) is 1. The predicted molar refractivity (Wildman–Crippen MR) is 125 cm³/mol. The smallest absolute Gasteiger partial charge is 0.193 e. The molecular formula is C25H35N3O3. The molecule has 0 aromatic heterocycles. The summed E-state index contributed by atoms with van der Waals surface area (Å²) in [6, 6.07) is 14.6. The van der Waals surface area contributed by atoms with E-state index in [4.69, 9.17) is 14.2 Å². The molecule has 1 heterocycles. The van der Waals surface area contributed by atoms with E-state index in [0.29, 0.717) is 12.5 Å². The van der Waals surface area contributed by atoms with Gasteiger partial charge >= 0.3 is 0 Å². The van der Waals surface area contributed by atoms with Crippen LogP contribution < -0.4 is 14.8 Å². The van der Waals surface area contributed by atoms with Gasteiger partial charge in [0.05, 0.1) is 20.3 Å². The summed E-state index contributed by atoms with van der Waals surface area (Å²) < 4.78 is 17.0. The molecule has 0 bridgehead atoms. The SMILES string of the molecule is CN=C(NCC1CCCOC1c1ccc(C)cc1)N(C)Cc1ccc(OC)cc1OC. The highest BCUT2D eigenvalue weighted by Gasteiger charge is 2.28. The topological polar surface area (TPSA) is 55.3 Å². The number of aliphatic imine (C=N–C) groups is 1. The molecule has 0 saturated carbocycles. The highest BCUT2D eigenvalue weighted by molar-refractivity contribution is 5.79. The highest BCUT2D eigenvalue weighted by atomic mass is 16.5. The molecule has 31 heavy (non-hydrogen) atoms. The van der Waals surface area contributed by atoms with Crippen LogP contribution >= 0.6 is 0 Å². The maximum absolute atomic E-state index is 6.17. The molecule has 0 spiro atoms. The largest absolute Gasteiger partial charge is 0.497 e. The minimum atomic E-state index is 0.118. The van der Waals surface area contributed by atoms with Crippen LogP contribution in [0.2, 0.25) is 0 Å². The van der Waals surface area contributed by atoms with E-state index in [9.17, 15) is 0 Å². The summed E-state index contributed by atoms with van der Waals surface area (Å²) in [6.07, 6.45) is 2.34. The Morgan fingerprint density at radius 2 is 1.94 bits per heavy atom. The first-order chi connectivity index (χ1) is 15.0. The number of guanidine groups is 1. The Bertz CT molecular complexity index is 867. The third-order valence-electron chi connectivity index (χ3n) is 5.85. The zero-order chi connectivity index (χ0) is 22.2. The third-order valence-corrected chi connectivity index (χ3v) is 5.85. The van der Waals surface area contributed by atoms with Gasteiger partial charge in [0, 0.05) is 51.3 Å². The molecule has 1 saturated heterocycles. The van der Waals surface area contributed by atoms with E-state index in [1.54, 1.807) is 14.2 Å². The summed E-state index contributed by atoms with van der Waals surface area (Å²) in [5, 5.41) is 3.56. The first-order valence-corrected chi connectivity index (χ1v) is 10.9. The van der Waals surface area contributed by atoms with Crippen LogP contribution in [0.4, 0.5) is 0 Å². The van der Waals surface area contributed by atoms with Crippen molar-refractivity contribution >= 4 is 5.96 Å².